The van der Waals surface area contributed by atoms with Crippen LogP contribution in [0.15, 0.2) is 24.3 Å². The molecule has 0 heterocycles. The van der Waals surface area contributed by atoms with E-state index < -0.39 is 0 Å². The standard InChI is InChI=1S/C10H16NP/c1-8(2)11-7-9-3-5-10(12)6-4-9/h3-6,8,11H,7,12H2,1-2H3. The average molecular weight is 181 g/mol. The van der Waals surface area contributed by atoms with Crippen LogP contribution in [0.3, 0.4) is 0 Å². The lowest BCUT2D eigenvalue weighted by molar-refractivity contribution is 0.589. The van der Waals surface area contributed by atoms with Crippen molar-refractivity contribution in [2.45, 2.75) is 26.4 Å². The van der Waals surface area contributed by atoms with Gasteiger partial charge in [0.15, 0.2) is 0 Å². The van der Waals surface area contributed by atoms with E-state index in [0.29, 0.717) is 6.04 Å². The first-order valence-electron chi connectivity index (χ1n) is 4.26. The maximum absolute atomic E-state index is 3.37. The molecule has 1 atom stereocenters. The number of rotatable bonds is 3. The Kier molecular flexibility index (Phi) is 3.71. The minimum Gasteiger partial charge on any atom is -0.310 e. The van der Waals surface area contributed by atoms with Crippen LogP contribution < -0.4 is 10.6 Å². The molecule has 1 aromatic carbocycles. The third-order valence-corrected chi connectivity index (χ3v) is 2.08. The summed E-state index contributed by atoms with van der Waals surface area (Å²) < 4.78 is 0. The van der Waals surface area contributed by atoms with Gasteiger partial charge in [-0.2, -0.15) is 0 Å². The van der Waals surface area contributed by atoms with Crippen molar-refractivity contribution in [3.05, 3.63) is 29.8 Å². The average Bonchev–Trinajstić information content (AvgIpc) is 2.03. The lowest BCUT2D eigenvalue weighted by Gasteiger charge is -2.07. The Hall–Kier alpha value is -0.390. The first-order chi connectivity index (χ1) is 5.68. The summed E-state index contributed by atoms with van der Waals surface area (Å²) in [6.45, 7) is 5.27. The fourth-order valence-electron chi connectivity index (χ4n) is 0.957. The lowest BCUT2D eigenvalue weighted by Crippen LogP contribution is -2.21. The monoisotopic (exact) mass is 181 g/mol. The molecular formula is C10H16NP. The van der Waals surface area contributed by atoms with E-state index in [1.807, 2.05) is 0 Å². The molecule has 1 N–H and O–H groups in total. The van der Waals surface area contributed by atoms with Crippen molar-refractivity contribution in [3.63, 3.8) is 0 Å². The topological polar surface area (TPSA) is 12.0 Å². The SMILES string of the molecule is CC(C)NCc1ccc(P)cc1. The Labute approximate surface area is 76.8 Å². The van der Waals surface area contributed by atoms with Crippen LogP contribution in [0.1, 0.15) is 19.4 Å². The summed E-state index contributed by atoms with van der Waals surface area (Å²) in [4.78, 5) is 0. The first-order valence-corrected chi connectivity index (χ1v) is 4.84. The second-order valence-electron chi connectivity index (χ2n) is 3.28. The van der Waals surface area contributed by atoms with Gasteiger partial charge < -0.3 is 5.32 Å². The summed E-state index contributed by atoms with van der Waals surface area (Å²) in [5.41, 5.74) is 1.34. The van der Waals surface area contributed by atoms with Crippen molar-refractivity contribution < 1.29 is 0 Å². The molecule has 0 bridgehead atoms. The predicted molar refractivity (Wildman–Crippen MR) is 57.8 cm³/mol. The Balaban J connectivity index is 2.48. The van der Waals surface area contributed by atoms with Crippen LogP contribution in [-0.4, -0.2) is 6.04 Å². The third-order valence-electron chi connectivity index (χ3n) is 1.69. The molecule has 1 unspecified atom stereocenters. The van der Waals surface area contributed by atoms with Crippen LogP contribution in [-0.2, 0) is 6.54 Å². The summed E-state index contributed by atoms with van der Waals surface area (Å²) in [6, 6.07) is 9.08. The van der Waals surface area contributed by atoms with Crippen molar-refractivity contribution in [2.75, 3.05) is 0 Å². The van der Waals surface area contributed by atoms with Crippen molar-refractivity contribution in [1.82, 2.24) is 5.32 Å². The van der Waals surface area contributed by atoms with Crippen LogP contribution >= 0.6 is 9.24 Å². The van der Waals surface area contributed by atoms with E-state index in [9.17, 15) is 0 Å². The zero-order valence-corrected chi connectivity index (χ0v) is 8.83. The molecule has 66 valence electrons. The van der Waals surface area contributed by atoms with Gasteiger partial charge in [-0.25, -0.2) is 0 Å². The molecule has 0 spiro atoms. The van der Waals surface area contributed by atoms with Gasteiger partial charge in [0, 0.05) is 12.6 Å². The number of benzene rings is 1. The molecule has 0 amide bonds. The van der Waals surface area contributed by atoms with E-state index in [2.05, 4.69) is 52.7 Å². The van der Waals surface area contributed by atoms with Crippen molar-refractivity contribution in [3.8, 4) is 0 Å². The van der Waals surface area contributed by atoms with E-state index in [4.69, 9.17) is 0 Å². The molecular weight excluding hydrogens is 165 g/mol. The summed E-state index contributed by atoms with van der Waals surface area (Å²) in [7, 11) is 2.69. The van der Waals surface area contributed by atoms with E-state index in [0.717, 1.165) is 6.54 Å². The normalized spacial score (nSPS) is 10.7. The van der Waals surface area contributed by atoms with E-state index >= 15 is 0 Å². The van der Waals surface area contributed by atoms with Crippen LogP contribution in [0.5, 0.6) is 0 Å². The first kappa shape index (κ1) is 9.70. The van der Waals surface area contributed by atoms with Crippen LogP contribution in [0.25, 0.3) is 0 Å². The minimum absolute atomic E-state index is 0.556. The van der Waals surface area contributed by atoms with Crippen molar-refractivity contribution >= 4 is 14.5 Å². The quantitative estimate of drug-likeness (QED) is 0.700. The molecule has 1 aromatic rings. The van der Waals surface area contributed by atoms with Gasteiger partial charge in [-0.3, -0.25) is 0 Å². The fourth-order valence-corrected chi connectivity index (χ4v) is 1.15. The molecule has 12 heavy (non-hydrogen) atoms. The van der Waals surface area contributed by atoms with Gasteiger partial charge in [-0.05, 0) is 10.9 Å². The molecule has 0 aliphatic heterocycles. The smallest absolute Gasteiger partial charge is 0.0207 e. The Morgan fingerprint density at radius 2 is 1.83 bits per heavy atom. The number of hydrogen-bond acceptors (Lipinski definition) is 1. The van der Waals surface area contributed by atoms with E-state index in [1.165, 1.54) is 10.9 Å². The van der Waals surface area contributed by atoms with Crippen LogP contribution in [0, 0.1) is 0 Å². The van der Waals surface area contributed by atoms with Gasteiger partial charge >= 0.3 is 0 Å². The maximum Gasteiger partial charge on any atom is 0.0207 e. The highest BCUT2D eigenvalue weighted by molar-refractivity contribution is 7.27. The highest BCUT2D eigenvalue weighted by Gasteiger charge is 1.93. The molecule has 0 radical (unpaired) electrons. The number of hydrogen-bond donors (Lipinski definition) is 1. The zero-order chi connectivity index (χ0) is 8.97. The van der Waals surface area contributed by atoms with Gasteiger partial charge in [-0.1, -0.05) is 38.1 Å². The predicted octanol–water partition coefficient (Wildman–Crippen LogP) is 1.68. The highest BCUT2D eigenvalue weighted by atomic mass is 31.0. The second-order valence-corrected chi connectivity index (χ2v) is 3.94. The summed E-state index contributed by atoms with van der Waals surface area (Å²) >= 11 is 0. The van der Waals surface area contributed by atoms with Gasteiger partial charge in [0.05, 0.1) is 0 Å². The van der Waals surface area contributed by atoms with Crippen LogP contribution in [0.2, 0.25) is 0 Å². The van der Waals surface area contributed by atoms with Gasteiger partial charge in [0.1, 0.15) is 0 Å². The van der Waals surface area contributed by atoms with Gasteiger partial charge in [0.2, 0.25) is 0 Å². The van der Waals surface area contributed by atoms with E-state index in [-0.39, 0.29) is 0 Å². The van der Waals surface area contributed by atoms with E-state index in [1.54, 1.807) is 0 Å². The zero-order valence-electron chi connectivity index (χ0n) is 7.67. The summed E-state index contributed by atoms with van der Waals surface area (Å²) in [6.07, 6.45) is 0. The Morgan fingerprint density at radius 3 is 2.33 bits per heavy atom. The molecule has 0 aromatic heterocycles. The number of nitrogens with one attached hydrogen (secondary N) is 1. The second kappa shape index (κ2) is 4.59. The fraction of sp³-hybridized carbons (Fsp3) is 0.400. The Morgan fingerprint density at radius 1 is 1.25 bits per heavy atom. The van der Waals surface area contributed by atoms with Gasteiger partial charge in [0.25, 0.3) is 0 Å². The molecule has 0 fully saturated rings. The maximum atomic E-state index is 3.37. The van der Waals surface area contributed by atoms with Crippen molar-refractivity contribution in [1.29, 1.82) is 0 Å². The molecule has 1 nitrogen and oxygen atoms in total. The molecule has 0 aliphatic rings. The van der Waals surface area contributed by atoms with Crippen molar-refractivity contribution in [2.24, 2.45) is 0 Å². The molecule has 0 saturated heterocycles. The molecule has 0 aliphatic carbocycles. The van der Waals surface area contributed by atoms with Crippen LogP contribution in [0.4, 0.5) is 0 Å². The molecule has 2 heteroatoms. The third kappa shape index (κ3) is 3.34. The summed E-state index contributed by atoms with van der Waals surface area (Å²) in [5.74, 6) is 0. The minimum atomic E-state index is 0.556. The molecule has 1 rings (SSSR count). The molecule has 0 saturated carbocycles. The largest absolute Gasteiger partial charge is 0.310 e. The summed E-state index contributed by atoms with van der Waals surface area (Å²) in [5, 5.41) is 4.61. The Bertz CT molecular complexity index is 228. The highest BCUT2D eigenvalue weighted by Crippen LogP contribution is 1.98. The van der Waals surface area contributed by atoms with Gasteiger partial charge in [-0.15, -0.1) is 9.24 Å². The lowest BCUT2D eigenvalue weighted by atomic mass is 10.2.